The summed E-state index contributed by atoms with van der Waals surface area (Å²) in [4.78, 5) is 4.41. The maximum absolute atomic E-state index is 5.43. The molecule has 0 spiro atoms. The minimum Gasteiger partial charge on any atom is -0.330 e. The zero-order valence-electron chi connectivity index (χ0n) is 8.15. The van der Waals surface area contributed by atoms with Crippen molar-refractivity contribution in [1.82, 2.24) is 15.2 Å². The molecule has 0 atom stereocenters. The molecule has 0 amide bonds. The van der Waals surface area contributed by atoms with Gasteiger partial charge in [0, 0.05) is 10.9 Å². The van der Waals surface area contributed by atoms with Crippen molar-refractivity contribution in [2.75, 3.05) is 6.54 Å². The number of hydrogen-bond donors (Lipinski definition) is 1. The monoisotopic (exact) mass is 266 g/mol. The van der Waals surface area contributed by atoms with Gasteiger partial charge in [0.15, 0.2) is 5.82 Å². The van der Waals surface area contributed by atoms with Crippen LogP contribution in [0.25, 0.3) is 11.0 Å². The minimum atomic E-state index is 0.653. The molecular formula is C10H11BrN4. The van der Waals surface area contributed by atoms with Crippen LogP contribution in [0.15, 0.2) is 22.7 Å². The predicted molar refractivity (Wildman–Crippen MR) is 62.4 cm³/mol. The molecular weight excluding hydrogens is 256 g/mol. The van der Waals surface area contributed by atoms with Crippen LogP contribution in [0.4, 0.5) is 0 Å². The highest BCUT2D eigenvalue weighted by molar-refractivity contribution is 9.10. The van der Waals surface area contributed by atoms with Crippen LogP contribution in [-0.2, 0) is 6.42 Å². The Kier molecular flexibility index (Phi) is 3.23. The standard InChI is InChI=1S/C10H11BrN4/c11-7-3-1-4-8-10(7)15-14-9(13-8)5-2-6-12/h1,3-4H,2,5-6,12H2. The normalized spacial score (nSPS) is 10.8. The lowest BCUT2D eigenvalue weighted by Gasteiger charge is -2.01. The van der Waals surface area contributed by atoms with E-state index in [0.29, 0.717) is 6.54 Å². The Bertz CT molecular complexity index is 472. The zero-order chi connectivity index (χ0) is 10.7. The van der Waals surface area contributed by atoms with Crippen LogP contribution in [0.1, 0.15) is 12.2 Å². The lowest BCUT2D eigenvalue weighted by atomic mass is 10.3. The van der Waals surface area contributed by atoms with E-state index in [1.165, 1.54) is 0 Å². The molecule has 0 aliphatic rings. The van der Waals surface area contributed by atoms with E-state index in [1.54, 1.807) is 0 Å². The third-order valence-electron chi connectivity index (χ3n) is 2.08. The topological polar surface area (TPSA) is 64.7 Å². The number of aromatic nitrogens is 3. The average molecular weight is 267 g/mol. The number of benzene rings is 1. The summed E-state index contributed by atoms with van der Waals surface area (Å²) in [6, 6.07) is 5.80. The van der Waals surface area contributed by atoms with Gasteiger partial charge in [-0.2, -0.15) is 0 Å². The smallest absolute Gasteiger partial charge is 0.151 e. The van der Waals surface area contributed by atoms with Crippen molar-refractivity contribution in [3.8, 4) is 0 Å². The minimum absolute atomic E-state index is 0.653. The number of nitrogens with zero attached hydrogens (tertiary/aromatic N) is 3. The molecule has 4 nitrogen and oxygen atoms in total. The van der Waals surface area contributed by atoms with Gasteiger partial charge in [-0.3, -0.25) is 0 Å². The Labute approximate surface area is 96.0 Å². The molecule has 0 bridgehead atoms. The number of rotatable bonds is 3. The number of nitrogens with two attached hydrogens (primary N) is 1. The fourth-order valence-electron chi connectivity index (χ4n) is 1.33. The van der Waals surface area contributed by atoms with E-state index in [1.807, 2.05) is 18.2 Å². The van der Waals surface area contributed by atoms with Crippen molar-refractivity contribution >= 4 is 27.0 Å². The summed E-state index contributed by atoms with van der Waals surface area (Å²) in [5, 5.41) is 8.19. The lowest BCUT2D eigenvalue weighted by molar-refractivity contribution is 0.763. The van der Waals surface area contributed by atoms with Crippen molar-refractivity contribution in [3.05, 3.63) is 28.5 Å². The van der Waals surface area contributed by atoms with Crippen LogP contribution < -0.4 is 5.73 Å². The van der Waals surface area contributed by atoms with Gasteiger partial charge in [-0.15, -0.1) is 10.2 Å². The second-order valence-electron chi connectivity index (χ2n) is 3.23. The van der Waals surface area contributed by atoms with Gasteiger partial charge < -0.3 is 5.73 Å². The van der Waals surface area contributed by atoms with Crippen molar-refractivity contribution in [2.24, 2.45) is 5.73 Å². The second-order valence-corrected chi connectivity index (χ2v) is 4.08. The van der Waals surface area contributed by atoms with Gasteiger partial charge in [0.1, 0.15) is 5.52 Å². The molecule has 1 heterocycles. The Morgan fingerprint density at radius 1 is 1.27 bits per heavy atom. The molecule has 1 aromatic heterocycles. The van der Waals surface area contributed by atoms with Gasteiger partial charge in [0.25, 0.3) is 0 Å². The zero-order valence-corrected chi connectivity index (χ0v) is 9.74. The van der Waals surface area contributed by atoms with E-state index in [0.717, 1.165) is 34.2 Å². The molecule has 0 aliphatic carbocycles. The lowest BCUT2D eigenvalue weighted by Crippen LogP contribution is -2.04. The predicted octanol–water partition coefficient (Wildman–Crippen LogP) is 1.68. The van der Waals surface area contributed by atoms with Gasteiger partial charge in [-0.1, -0.05) is 6.07 Å². The summed E-state index contributed by atoms with van der Waals surface area (Å²) in [5.74, 6) is 0.756. The van der Waals surface area contributed by atoms with E-state index < -0.39 is 0 Å². The summed E-state index contributed by atoms with van der Waals surface area (Å²) >= 11 is 3.41. The molecule has 5 heteroatoms. The Morgan fingerprint density at radius 3 is 2.93 bits per heavy atom. The molecule has 0 unspecified atom stereocenters. The molecule has 0 aliphatic heterocycles. The van der Waals surface area contributed by atoms with Crippen LogP contribution in [0, 0.1) is 0 Å². The highest BCUT2D eigenvalue weighted by Gasteiger charge is 2.03. The highest BCUT2D eigenvalue weighted by atomic mass is 79.9. The highest BCUT2D eigenvalue weighted by Crippen LogP contribution is 2.19. The largest absolute Gasteiger partial charge is 0.330 e. The first kappa shape index (κ1) is 10.4. The molecule has 1 aromatic carbocycles. The first-order valence-electron chi connectivity index (χ1n) is 4.79. The van der Waals surface area contributed by atoms with Crippen LogP contribution in [0.5, 0.6) is 0 Å². The van der Waals surface area contributed by atoms with E-state index in [-0.39, 0.29) is 0 Å². The molecule has 0 saturated heterocycles. The van der Waals surface area contributed by atoms with Crippen LogP contribution in [0.2, 0.25) is 0 Å². The van der Waals surface area contributed by atoms with Crippen molar-refractivity contribution in [2.45, 2.75) is 12.8 Å². The number of hydrogen-bond acceptors (Lipinski definition) is 4. The van der Waals surface area contributed by atoms with Crippen LogP contribution in [0.3, 0.4) is 0 Å². The van der Waals surface area contributed by atoms with E-state index >= 15 is 0 Å². The molecule has 0 fully saturated rings. The summed E-state index contributed by atoms with van der Waals surface area (Å²) in [6.07, 6.45) is 1.67. The van der Waals surface area contributed by atoms with Gasteiger partial charge in [0.05, 0.1) is 5.52 Å². The molecule has 78 valence electrons. The fraction of sp³-hybridized carbons (Fsp3) is 0.300. The van der Waals surface area contributed by atoms with Crippen LogP contribution in [-0.4, -0.2) is 21.7 Å². The molecule has 0 saturated carbocycles. The van der Waals surface area contributed by atoms with Gasteiger partial charge in [-0.25, -0.2) is 4.98 Å². The van der Waals surface area contributed by atoms with Crippen molar-refractivity contribution in [3.63, 3.8) is 0 Å². The van der Waals surface area contributed by atoms with Crippen molar-refractivity contribution in [1.29, 1.82) is 0 Å². The quantitative estimate of drug-likeness (QED) is 0.918. The Balaban J connectivity index is 2.39. The fourth-order valence-corrected chi connectivity index (χ4v) is 1.76. The SMILES string of the molecule is NCCCc1nnc2c(Br)cccc2n1. The second kappa shape index (κ2) is 4.63. The molecule has 15 heavy (non-hydrogen) atoms. The van der Waals surface area contributed by atoms with E-state index in [9.17, 15) is 0 Å². The maximum atomic E-state index is 5.43. The number of halogens is 1. The van der Waals surface area contributed by atoms with Crippen molar-refractivity contribution < 1.29 is 0 Å². The first-order chi connectivity index (χ1) is 7.31. The molecule has 0 radical (unpaired) electrons. The first-order valence-corrected chi connectivity index (χ1v) is 5.58. The number of fused-ring (bicyclic) bond motifs is 1. The molecule has 2 rings (SSSR count). The summed E-state index contributed by atoms with van der Waals surface area (Å²) in [7, 11) is 0. The van der Waals surface area contributed by atoms with E-state index in [4.69, 9.17) is 5.73 Å². The van der Waals surface area contributed by atoms with E-state index in [2.05, 4.69) is 31.1 Å². The molecule has 2 N–H and O–H groups in total. The van der Waals surface area contributed by atoms with Gasteiger partial charge in [-0.05, 0) is 41.0 Å². The summed E-state index contributed by atoms with van der Waals surface area (Å²) < 4.78 is 0.922. The third-order valence-corrected chi connectivity index (χ3v) is 2.72. The van der Waals surface area contributed by atoms with Gasteiger partial charge in [0.2, 0.25) is 0 Å². The summed E-state index contributed by atoms with van der Waals surface area (Å²) in [6.45, 7) is 0.653. The number of aryl methyl sites for hydroxylation is 1. The third kappa shape index (κ3) is 2.30. The molecule has 2 aromatic rings. The van der Waals surface area contributed by atoms with Gasteiger partial charge >= 0.3 is 0 Å². The Morgan fingerprint density at radius 2 is 2.13 bits per heavy atom. The summed E-state index contributed by atoms with van der Waals surface area (Å²) in [5.41, 5.74) is 7.10. The maximum Gasteiger partial charge on any atom is 0.151 e. The van der Waals surface area contributed by atoms with Crippen LogP contribution >= 0.6 is 15.9 Å². The average Bonchev–Trinajstić information content (AvgIpc) is 2.26. The Hall–Kier alpha value is -1.07.